The van der Waals surface area contributed by atoms with Crippen molar-refractivity contribution in [1.29, 1.82) is 0 Å². The smallest absolute Gasteiger partial charge is 0.233 e. The number of benzene rings is 1. The SMILES string of the molecule is Cn1ccc(OCc2c(Br)cccc2C2CC2)n1. The van der Waals surface area contributed by atoms with Crippen molar-refractivity contribution in [2.45, 2.75) is 25.4 Å². The number of aryl methyl sites for hydroxylation is 1. The minimum absolute atomic E-state index is 0.574. The summed E-state index contributed by atoms with van der Waals surface area (Å²) >= 11 is 3.62. The highest BCUT2D eigenvalue weighted by Crippen LogP contribution is 2.43. The molecule has 0 saturated heterocycles. The Hall–Kier alpha value is -1.29. The minimum atomic E-state index is 0.574. The van der Waals surface area contributed by atoms with Gasteiger partial charge in [0.1, 0.15) is 6.61 Å². The Morgan fingerprint density at radius 1 is 1.39 bits per heavy atom. The molecule has 0 unspecified atom stereocenters. The predicted molar refractivity (Wildman–Crippen MR) is 73.7 cm³/mol. The minimum Gasteiger partial charge on any atom is -0.472 e. The van der Waals surface area contributed by atoms with E-state index in [1.165, 1.54) is 24.0 Å². The standard InChI is InChI=1S/C14H15BrN2O/c1-17-8-7-14(16-17)18-9-12-11(10-5-6-10)3-2-4-13(12)15/h2-4,7-8,10H,5-6,9H2,1H3. The molecule has 94 valence electrons. The van der Waals surface area contributed by atoms with Crippen LogP contribution in [0.25, 0.3) is 0 Å². The van der Waals surface area contributed by atoms with E-state index in [0.717, 1.165) is 10.4 Å². The Labute approximate surface area is 115 Å². The third kappa shape index (κ3) is 2.43. The molecule has 3 rings (SSSR count). The molecule has 1 aliphatic rings. The average Bonchev–Trinajstić information content (AvgIpc) is 3.11. The Bertz CT molecular complexity index is 561. The van der Waals surface area contributed by atoms with Crippen molar-refractivity contribution in [2.75, 3.05) is 0 Å². The Morgan fingerprint density at radius 3 is 2.89 bits per heavy atom. The summed E-state index contributed by atoms with van der Waals surface area (Å²) in [5.74, 6) is 1.40. The van der Waals surface area contributed by atoms with Crippen LogP contribution >= 0.6 is 15.9 Å². The topological polar surface area (TPSA) is 27.1 Å². The zero-order chi connectivity index (χ0) is 12.5. The quantitative estimate of drug-likeness (QED) is 0.862. The van der Waals surface area contributed by atoms with Gasteiger partial charge in [-0.2, -0.15) is 0 Å². The number of hydrogen-bond donors (Lipinski definition) is 0. The molecule has 4 heteroatoms. The van der Waals surface area contributed by atoms with Crippen molar-refractivity contribution in [2.24, 2.45) is 7.05 Å². The molecule has 1 heterocycles. The van der Waals surface area contributed by atoms with Crippen LogP contribution < -0.4 is 4.74 Å². The van der Waals surface area contributed by atoms with Gasteiger partial charge in [-0.3, -0.25) is 4.68 Å². The van der Waals surface area contributed by atoms with Crippen LogP contribution in [0, 0.1) is 0 Å². The molecule has 0 spiro atoms. The number of rotatable bonds is 4. The first kappa shape index (κ1) is 11.8. The van der Waals surface area contributed by atoms with Crippen LogP contribution in [0.3, 0.4) is 0 Å². The molecule has 0 N–H and O–H groups in total. The van der Waals surface area contributed by atoms with Crippen LogP contribution in [0.5, 0.6) is 5.88 Å². The van der Waals surface area contributed by atoms with Crippen LogP contribution in [-0.2, 0) is 13.7 Å². The van der Waals surface area contributed by atoms with Gasteiger partial charge in [-0.25, -0.2) is 0 Å². The summed E-state index contributed by atoms with van der Waals surface area (Å²) in [4.78, 5) is 0. The van der Waals surface area contributed by atoms with Gasteiger partial charge in [0.05, 0.1) is 0 Å². The molecule has 1 saturated carbocycles. The summed E-state index contributed by atoms with van der Waals surface area (Å²) in [6, 6.07) is 8.26. The first-order valence-corrected chi connectivity index (χ1v) is 6.93. The summed E-state index contributed by atoms with van der Waals surface area (Å²) in [5.41, 5.74) is 2.67. The fourth-order valence-corrected chi connectivity index (χ4v) is 2.62. The molecule has 0 bridgehead atoms. The highest BCUT2D eigenvalue weighted by molar-refractivity contribution is 9.10. The number of hydrogen-bond acceptors (Lipinski definition) is 2. The maximum atomic E-state index is 5.75. The Morgan fingerprint density at radius 2 is 2.22 bits per heavy atom. The maximum absolute atomic E-state index is 5.75. The highest BCUT2D eigenvalue weighted by atomic mass is 79.9. The molecule has 3 nitrogen and oxygen atoms in total. The number of nitrogens with zero attached hydrogens (tertiary/aromatic N) is 2. The average molecular weight is 307 g/mol. The van der Waals surface area contributed by atoms with Gasteiger partial charge in [-0.1, -0.05) is 28.1 Å². The van der Waals surface area contributed by atoms with Crippen LogP contribution in [0.1, 0.15) is 29.9 Å². The largest absolute Gasteiger partial charge is 0.472 e. The van der Waals surface area contributed by atoms with E-state index in [2.05, 4.69) is 39.2 Å². The molecule has 0 atom stereocenters. The molecule has 18 heavy (non-hydrogen) atoms. The van der Waals surface area contributed by atoms with E-state index in [9.17, 15) is 0 Å². The lowest BCUT2D eigenvalue weighted by atomic mass is 10.0. The first-order valence-electron chi connectivity index (χ1n) is 6.14. The molecule has 0 amide bonds. The zero-order valence-corrected chi connectivity index (χ0v) is 11.9. The van der Waals surface area contributed by atoms with Gasteiger partial charge in [0, 0.05) is 29.3 Å². The third-order valence-electron chi connectivity index (χ3n) is 3.23. The predicted octanol–water partition coefficient (Wildman–Crippen LogP) is 3.64. The fraction of sp³-hybridized carbons (Fsp3) is 0.357. The Balaban J connectivity index is 1.79. The van der Waals surface area contributed by atoms with Gasteiger partial charge in [0.2, 0.25) is 5.88 Å². The van der Waals surface area contributed by atoms with Gasteiger partial charge < -0.3 is 4.74 Å². The summed E-state index contributed by atoms with van der Waals surface area (Å²) < 4.78 is 8.63. The molecule has 1 aromatic carbocycles. The molecule has 0 radical (unpaired) electrons. The van der Waals surface area contributed by atoms with E-state index in [1.54, 1.807) is 4.68 Å². The van der Waals surface area contributed by atoms with Crippen molar-refractivity contribution in [1.82, 2.24) is 9.78 Å². The molecule has 0 aliphatic heterocycles. The maximum Gasteiger partial charge on any atom is 0.233 e. The fourth-order valence-electron chi connectivity index (χ4n) is 2.12. The van der Waals surface area contributed by atoms with Crippen molar-refractivity contribution in [3.8, 4) is 5.88 Å². The van der Waals surface area contributed by atoms with Gasteiger partial charge >= 0.3 is 0 Å². The number of ether oxygens (including phenoxy) is 1. The monoisotopic (exact) mass is 306 g/mol. The van der Waals surface area contributed by atoms with Gasteiger partial charge in [-0.15, -0.1) is 5.10 Å². The van der Waals surface area contributed by atoms with E-state index in [0.29, 0.717) is 12.5 Å². The van der Waals surface area contributed by atoms with Gasteiger partial charge in [0.15, 0.2) is 0 Å². The molecule has 1 aromatic heterocycles. The summed E-state index contributed by atoms with van der Waals surface area (Å²) in [6.45, 7) is 0.574. The zero-order valence-electron chi connectivity index (χ0n) is 10.3. The van der Waals surface area contributed by atoms with Gasteiger partial charge in [0.25, 0.3) is 0 Å². The van der Waals surface area contributed by atoms with E-state index >= 15 is 0 Å². The van der Waals surface area contributed by atoms with Crippen molar-refractivity contribution < 1.29 is 4.74 Å². The highest BCUT2D eigenvalue weighted by Gasteiger charge is 2.26. The number of aromatic nitrogens is 2. The lowest BCUT2D eigenvalue weighted by molar-refractivity contribution is 0.289. The molecular weight excluding hydrogens is 292 g/mol. The van der Waals surface area contributed by atoms with Crippen LogP contribution in [0.15, 0.2) is 34.9 Å². The van der Waals surface area contributed by atoms with Crippen molar-refractivity contribution in [3.63, 3.8) is 0 Å². The lowest BCUT2D eigenvalue weighted by Gasteiger charge is -2.11. The second-order valence-electron chi connectivity index (χ2n) is 4.70. The second-order valence-corrected chi connectivity index (χ2v) is 5.55. The lowest BCUT2D eigenvalue weighted by Crippen LogP contribution is -2.01. The normalized spacial score (nSPS) is 14.8. The number of halogens is 1. The van der Waals surface area contributed by atoms with E-state index in [1.807, 2.05) is 19.3 Å². The summed E-state index contributed by atoms with van der Waals surface area (Å²) in [7, 11) is 1.89. The molecular formula is C14H15BrN2O. The third-order valence-corrected chi connectivity index (χ3v) is 3.97. The van der Waals surface area contributed by atoms with Crippen molar-refractivity contribution >= 4 is 15.9 Å². The van der Waals surface area contributed by atoms with Crippen molar-refractivity contribution in [3.05, 3.63) is 46.1 Å². The summed E-state index contributed by atoms with van der Waals surface area (Å²) in [5, 5.41) is 4.22. The molecule has 1 fully saturated rings. The summed E-state index contributed by atoms with van der Waals surface area (Å²) in [6.07, 6.45) is 4.48. The molecule has 1 aliphatic carbocycles. The van der Waals surface area contributed by atoms with E-state index < -0.39 is 0 Å². The first-order chi connectivity index (χ1) is 8.74. The Kier molecular flexibility index (Phi) is 3.12. The van der Waals surface area contributed by atoms with E-state index in [-0.39, 0.29) is 0 Å². The molecule has 2 aromatic rings. The van der Waals surface area contributed by atoms with E-state index in [4.69, 9.17) is 4.74 Å². The van der Waals surface area contributed by atoms with Gasteiger partial charge in [-0.05, 0) is 30.4 Å². The van der Waals surface area contributed by atoms with Crippen LogP contribution in [0.2, 0.25) is 0 Å². The second kappa shape index (κ2) is 4.76. The van der Waals surface area contributed by atoms with Crippen LogP contribution in [-0.4, -0.2) is 9.78 Å². The van der Waals surface area contributed by atoms with Crippen LogP contribution in [0.4, 0.5) is 0 Å².